The highest BCUT2D eigenvalue weighted by molar-refractivity contribution is 5.09. The number of nitrogens with one attached hydrogen (secondary N) is 1. The highest BCUT2D eigenvalue weighted by Crippen LogP contribution is 2.21. The number of aryl methyl sites for hydroxylation is 2. The fourth-order valence-electron chi connectivity index (χ4n) is 2.00. The lowest BCUT2D eigenvalue weighted by molar-refractivity contribution is 0.266. The van der Waals surface area contributed by atoms with Gasteiger partial charge < -0.3 is 5.32 Å². The quantitative estimate of drug-likeness (QED) is 0.872. The Hall–Kier alpha value is -0.960. The fraction of sp³-hybridized carbons (Fsp3) is 0.714. The monoisotopic (exact) mass is 235 g/mol. The van der Waals surface area contributed by atoms with Gasteiger partial charge in [0.2, 0.25) is 0 Å². The summed E-state index contributed by atoms with van der Waals surface area (Å²) < 4.78 is 0. The molecule has 0 aliphatic rings. The van der Waals surface area contributed by atoms with Gasteiger partial charge in [0.25, 0.3) is 0 Å². The van der Waals surface area contributed by atoms with Gasteiger partial charge in [0.1, 0.15) is 5.82 Å². The van der Waals surface area contributed by atoms with Crippen molar-refractivity contribution in [3.63, 3.8) is 0 Å². The molecule has 0 fully saturated rings. The number of aromatic nitrogens is 2. The fourth-order valence-corrected chi connectivity index (χ4v) is 2.00. The third-order valence-corrected chi connectivity index (χ3v) is 2.91. The van der Waals surface area contributed by atoms with Crippen LogP contribution in [-0.2, 0) is 6.42 Å². The van der Waals surface area contributed by atoms with Crippen LogP contribution in [0.2, 0.25) is 0 Å². The number of hydrogen-bond acceptors (Lipinski definition) is 3. The van der Waals surface area contributed by atoms with Crippen molar-refractivity contribution in [2.45, 2.75) is 54.0 Å². The number of nitrogens with zero attached hydrogens (tertiary/aromatic N) is 2. The van der Waals surface area contributed by atoms with Gasteiger partial charge in [0.05, 0.1) is 0 Å². The Morgan fingerprint density at radius 2 is 1.71 bits per heavy atom. The lowest BCUT2D eigenvalue weighted by Gasteiger charge is -2.31. The van der Waals surface area contributed by atoms with Gasteiger partial charge in [0.15, 0.2) is 0 Å². The van der Waals surface area contributed by atoms with E-state index in [1.54, 1.807) is 0 Å². The Kier molecular flexibility index (Phi) is 4.63. The lowest BCUT2D eigenvalue weighted by Crippen LogP contribution is -2.42. The van der Waals surface area contributed by atoms with E-state index in [2.05, 4.69) is 43.0 Å². The lowest BCUT2D eigenvalue weighted by atomic mass is 9.84. The molecule has 0 saturated heterocycles. The molecule has 0 radical (unpaired) electrons. The Balaban J connectivity index is 2.86. The van der Waals surface area contributed by atoms with E-state index in [1.807, 2.05) is 19.9 Å². The average Bonchev–Trinajstić information content (AvgIpc) is 2.13. The molecule has 1 aromatic heterocycles. The van der Waals surface area contributed by atoms with Crippen LogP contribution < -0.4 is 5.32 Å². The molecule has 0 saturated carbocycles. The van der Waals surface area contributed by atoms with Crippen LogP contribution in [0.25, 0.3) is 0 Å². The minimum atomic E-state index is 0.219. The Labute approximate surface area is 105 Å². The van der Waals surface area contributed by atoms with Crippen LogP contribution in [0, 0.1) is 19.3 Å². The second-order valence-corrected chi connectivity index (χ2v) is 5.75. The Morgan fingerprint density at radius 1 is 1.18 bits per heavy atom. The van der Waals surface area contributed by atoms with E-state index in [4.69, 9.17) is 0 Å². The molecule has 1 N–H and O–H groups in total. The molecule has 1 unspecified atom stereocenters. The minimum absolute atomic E-state index is 0.219. The molecule has 17 heavy (non-hydrogen) atoms. The zero-order valence-electron chi connectivity index (χ0n) is 12.0. The van der Waals surface area contributed by atoms with E-state index in [0.29, 0.717) is 6.04 Å². The van der Waals surface area contributed by atoms with Crippen molar-refractivity contribution in [3.8, 4) is 0 Å². The van der Waals surface area contributed by atoms with E-state index in [1.165, 1.54) is 0 Å². The van der Waals surface area contributed by atoms with Crippen molar-refractivity contribution in [3.05, 3.63) is 23.3 Å². The van der Waals surface area contributed by atoms with Gasteiger partial charge in [-0.25, -0.2) is 9.97 Å². The first-order valence-corrected chi connectivity index (χ1v) is 6.37. The van der Waals surface area contributed by atoms with Crippen LogP contribution in [0.5, 0.6) is 0 Å². The summed E-state index contributed by atoms with van der Waals surface area (Å²) in [5, 5.41) is 3.53. The van der Waals surface area contributed by atoms with Crippen LogP contribution >= 0.6 is 0 Å². The minimum Gasteiger partial charge on any atom is -0.313 e. The van der Waals surface area contributed by atoms with Gasteiger partial charge in [-0.2, -0.15) is 0 Å². The Morgan fingerprint density at radius 3 is 2.12 bits per heavy atom. The van der Waals surface area contributed by atoms with Crippen molar-refractivity contribution in [2.75, 3.05) is 6.54 Å². The molecule has 3 heteroatoms. The van der Waals surface area contributed by atoms with Crippen molar-refractivity contribution in [2.24, 2.45) is 5.41 Å². The summed E-state index contributed by atoms with van der Waals surface area (Å²) in [7, 11) is 0. The maximum atomic E-state index is 4.52. The summed E-state index contributed by atoms with van der Waals surface area (Å²) in [5.74, 6) is 0.948. The largest absolute Gasteiger partial charge is 0.313 e. The van der Waals surface area contributed by atoms with Gasteiger partial charge in [-0.3, -0.25) is 0 Å². The average molecular weight is 235 g/mol. The van der Waals surface area contributed by atoms with Crippen LogP contribution in [0.1, 0.15) is 44.9 Å². The molecular formula is C14H25N3. The van der Waals surface area contributed by atoms with E-state index < -0.39 is 0 Å². The molecule has 0 amide bonds. The van der Waals surface area contributed by atoms with Gasteiger partial charge in [-0.1, -0.05) is 27.7 Å². The smallest absolute Gasteiger partial charge is 0.130 e. The molecule has 3 nitrogen and oxygen atoms in total. The second-order valence-electron chi connectivity index (χ2n) is 5.75. The van der Waals surface area contributed by atoms with Crippen LogP contribution in [0.3, 0.4) is 0 Å². The molecular weight excluding hydrogens is 210 g/mol. The molecule has 0 aliphatic heterocycles. The summed E-state index contributed by atoms with van der Waals surface area (Å²) in [6.45, 7) is 13.9. The van der Waals surface area contributed by atoms with Gasteiger partial charge >= 0.3 is 0 Å². The number of rotatable bonds is 4. The molecule has 1 aromatic rings. The summed E-state index contributed by atoms with van der Waals surface area (Å²) in [6.07, 6.45) is 0.889. The highest BCUT2D eigenvalue weighted by atomic mass is 15.0. The third-order valence-electron chi connectivity index (χ3n) is 2.91. The van der Waals surface area contributed by atoms with Gasteiger partial charge in [-0.15, -0.1) is 0 Å². The molecule has 0 aromatic carbocycles. The topological polar surface area (TPSA) is 37.8 Å². The molecule has 1 heterocycles. The van der Waals surface area contributed by atoms with E-state index in [9.17, 15) is 0 Å². The predicted molar refractivity (Wildman–Crippen MR) is 72.1 cm³/mol. The zero-order valence-corrected chi connectivity index (χ0v) is 12.0. The van der Waals surface area contributed by atoms with Crippen molar-refractivity contribution in [1.29, 1.82) is 0 Å². The first-order chi connectivity index (χ1) is 7.82. The summed E-state index contributed by atoms with van der Waals surface area (Å²) in [5.41, 5.74) is 2.32. The molecule has 0 bridgehead atoms. The maximum absolute atomic E-state index is 4.52. The van der Waals surface area contributed by atoms with Gasteiger partial charge in [0, 0.05) is 23.9 Å². The molecule has 0 spiro atoms. The van der Waals surface area contributed by atoms with E-state index in [0.717, 1.165) is 30.2 Å². The van der Waals surface area contributed by atoms with Crippen LogP contribution in [-0.4, -0.2) is 22.6 Å². The SMILES string of the molecule is CCNC(Cc1nc(C)cc(C)n1)C(C)(C)C. The molecule has 1 atom stereocenters. The summed E-state index contributed by atoms with van der Waals surface area (Å²) in [6, 6.07) is 2.43. The second kappa shape index (κ2) is 5.58. The zero-order chi connectivity index (χ0) is 13.1. The van der Waals surface area contributed by atoms with Crippen LogP contribution in [0.4, 0.5) is 0 Å². The first kappa shape index (κ1) is 14.1. The van der Waals surface area contributed by atoms with Crippen molar-refractivity contribution < 1.29 is 0 Å². The standard InChI is InChI=1S/C14H25N3/c1-7-15-12(14(4,5)6)9-13-16-10(2)8-11(3)17-13/h8,12,15H,7,9H2,1-6H3. The van der Waals surface area contributed by atoms with Crippen LogP contribution in [0.15, 0.2) is 6.07 Å². The van der Waals surface area contributed by atoms with Crippen molar-refractivity contribution >= 4 is 0 Å². The van der Waals surface area contributed by atoms with Gasteiger partial charge in [-0.05, 0) is 31.9 Å². The number of hydrogen-bond donors (Lipinski definition) is 1. The molecule has 96 valence electrons. The highest BCUT2D eigenvalue weighted by Gasteiger charge is 2.24. The summed E-state index contributed by atoms with van der Waals surface area (Å²) in [4.78, 5) is 9.04. The summed E-state index contributed by atoms with van der Waals surface area (Å²) >= 11 is 0. The number of likely N-dealkylation sites (N-methyl/N-ethyl adjacent to an activating group) is 1. The van der Waals surface area contributed by atoms with E-state index in [-0.39, 0.29) is 5.41 Å². The Bertz CT molecular complexity index is 346. The van der Waals surface area contributed by atoms with Crippen molar-refractivity contribution in [1.82, 2.24) is 15.3 Å². The predicted octanol–water partition coefficient (Wildman–Crippen LogP) is 2.66. The third kappa shape index (κ3) is 4.43. The van der Waals surface area contributed by atoms with E-state index >= 15 is 0 Å². The first-order valence-electron chi connectivity index (χ1n) is 6.37. The normalized spacial score (nSPS) is 13.8. The maximum Gasteiger partial charge on any atom is 0.130 e. The molecule has 1 rings (SSSR count). The molecule has 0 aliphatic carbocycles.